The minimum Gasteiger partial charge on any atom is -0.328 e. The summed E-state index contributed by atoms with van der Waals surface area (Å²) in [5.41, 5.74) is 1.44. The normalized spacial score (nSPS) is 16.8. The molecule has 0 bridgehead atoms. The molecule has 2 aromatic heterocycles. The molecule has 2 heterocycles. The van der Waals surface area contributed by atoms with E-state index >= 15 is 0 Å². The molecule has 1 aliphatic rings. The van der Waals surface area contributed by atoms with Gasteiger partial charge in [-0.25, -0.2) is 4.98 Å². The maximum absolute atomic E-state index is 12.1. The van der Waals surface area contributed by atoms with E-state index in [2.05, 4.69) is 9.98 Å². The molecule has 2 aromatic rings. The average Bonchev–Trinajstić information content (AvgIpc) is 3.23. The van der Waals surface area contributed by atoms with Crippen LogP contribution in [0.2, 0.25) is 5.15 Å². The number of hydrogen-bond acceptors (Lipinski definition) is 2. The van der Waals surface area contributed by atoms with E-state index in [0.29, 0.717) is 17.2 Å². The van der Waals surface area contributed by atoms with Gasteiger partial charge in [-0.05, 0) is 36.6 Å². The summed E-state index contributed by atoms with van der Waals surface area (Å²) in [5.74, 6) is -0.0309. The van der Waals surface area contributed by atoms with Crippen LogP contribution in [-0.2, 0) is 11.3 Å². The molecule has 0 spiro atoms. The second-order valence-corrected chi connectivity index (χ2v) is 6.04. The Labute approximate surface area is 128 Å². The predicted molar refractivity (Wildman–Crippen MR) is 80.7 cm³/mol. The lowest BCUT2D eigenvalue weighted by molar-refractivity contribution is -0.122. The number of amides is 1. The molecule has 1 fully saturated rings. The zero-order chi connectivity index (χ0) is 14.9. The molecule has 0 aromatic carbocycles. The van der Waals surface area contributed by atoms with Gasteiger partial charge < -0.3 is 4.57 Å². The quantitative estimate of drug-likeness (QED) is 0.819. The van der Waals surface area contributed by atoms with Gasteiger partial charge in [-0.3, -0.25) is 4.79 Å². The highest BCUT2D eigenvalue weighted by atomic mass is 35.5. The highest BCUT2D eigenvalue weighted by Gasteiger charge is 2.44. The molecule has 0 unspecified atom stereocenters. The van der Waals surface area contributed by atoms with Gasteiger partial charge in [0.2, 0.25) is 0 Å². The van der Waals surface area contributed by atoms with Crippen molar-refractivity contribution in [3.05, 3.63) is 58.9 Å². The summed E-state index contributed by atoms with van der Waals surface area (Å²) in [4.78, 5) is 20.5. The fourth-order valence-corrected chi connectivity index (χ4v) is 2.15. The maximum atomic E-state index is 12.1. The van der Waals surface area contributed by atoms with Crippen LogP contribution < -0.4 is 5.49 Å². The van der Waals surface area contributed by atoms with Gasteiger partial charge in [0.25, 0.3) is 5.91 Å². The van der Waals surface area contributed by atoms with Gasteiger partial charge in [0.05, 0.1) is 6.54 Å². The molecule has 0 N–H and O–H groups in total. The van der Waals surface area contributed by atoms with Crippen molar-refractivity contribution in [1.29, 1.82) is 0 Å². The van der Waals surface area contributed by atoms with Crippen LogP contribution >= 0.6 is 11.6 Å². The van der Waals surface area contributed by atoms with Gasteiger partial charge >= 0.3 is 0 Å². The van der Waals surface area contributed by atoms with Gasteiger partial charge in [0, 0.05) is 17.8 Å². The van der Waals surface area contributed by atoms with E-state index in [0.717, 1.165) is 18.4 Å². The average molecular weight is 302 g/mol. The van der Waals surface area contributed by atoms with E-state index in [-0.39, 0.29) is 11.3 Å². The Balaban J connectivity index is 1.91. The van der Waals surface area contributed by atoms with Gasteiger partial charge in [0.15, 0.2) is 0 Å². The monoisotopic (exact) mass is 301 g/mol. The molecule has 4 nitrogen and oxygen atoms in total. The van der Waals surface area contributed by atoms with E-state index in [1.54, 1.807) is 12.3 Å². The topological polar surface area (TPSA) is 47.2 Å². The number of carbonyl (C=O) groups excluding carboxylic acids is 1. The summed E-state index contributed by atoms with van der Waals surface area (Å²) in [6, 6.07) is 9.34. The second kappa shape index (κ2) is 5.45. The number of pyridine rings is 2. The van der Waals surface area contributed by atoms with Crippen molar-refractivity contribution in [3.8, 4) is 0 Å². The molecule has 1 saturated carbocycles. The largest absolute Gasteiger partial charge is 0.328 e. The third-order valence-corrected chi connectivity index (χ3v) is 4.01. The van der Waals surface area contributed by atoms with E-state index in [1.807, 2.05) is 42.0 Å². The molecule has 108 valence electrons. The van der Waals surface area contributed by atoms with E-state index in [1.165, 1.54) is 0 Å². The first-order chi connectivity index (χ1) is 10.1. The Morgan fingerprint density at radius 2 is 2.19 bits per heavy atom. The second-order valence-electron chi connectivity index (χ2n) is 5.65. The van der Waals surface area contributed by atoms with E-state index < -0.39 is 0 Å². The minimum atomic E-state index is -0.241. The summed E-state index contributed by atoms with van der Waals surface area (Å²) in [5, 5.41) is 0.471. The summed E-state index contributed by atoms with van der Waals surface area (Å²) >= 11 is 5.79. The standard InChI is InChI=1S/C16H16ClN3O/c1-16(7-8-16)15(21)19-14-4-2-3-9-20(14)11-12-5-6-13(17)18-10-12/h2-6,9-10H,7-8,11H2,1H3. The van der Waals surface area contributed by atoms with Crippen molar-refractivity contribution in [2.24, 2.45) is 10.4 Å². The summed E-state index contributed by atoms with van der Waals surface area (Å²) in [6.45, 7) is 2.57. The molecular weight excluding hydrogens is 286 g/mol. The fraction of sp³-hybridized carbons (Fsp3) is 0.312. The van der Waals surface area contributed by atoms with Gasteiger partial charge in [-0.2, -0.15) is 4.99 Å². The zero-order valence-corrected chi connectivity index (χ0v) is 12.5. The summed E-state index contributed by atoms with van der Waals surface area (Å²) in [7, 11) is 0. The number of nitrogens with zero attached hydrogens (tertiary/aromatic N) is 3. The first-order valence-corrected chi connectivity index (χ1v) is 7.30. The zero-order valence-electron chi connectivity index (χ0n) is 11.8. The van der Waals surface area contributed by atoms with Crippen LogP contribution in [0.5, 0.6) is 0 Å². The van der Waals surface area contributed by atoms with E-state index in [4.69, 9.17) is 11.6 Å². The molecule has 0 saturated heterocycles. The molecule has 0 aliphatic heterocycles. The highest BCUT2D eigenvalue weighted by Crippen LogP contribution is 2.45. The number of hydrogen-bond donors (Lipinski definition) is 0. The first kappa shape index (κ1) is 14.0. The van der Waals surface area contributed by atoms with Gasteiger partial charge in [-0.1, -0.05) is 30.7 Å². The van der Waals surface area contributed by atoms with Crippen molar-refractivity contribution in [1.82, 2.24) is 9.55 Å². The van der Waals surface area contributed by atoms with Crippen LogP contribution in [0.4, 0.5) is 0 Å². The molecule has 5 heteroatoms. The number of aromatic nitrogens is 2. The molecule has 1 aliphatic carbocycles. The molecule has 0 radical (unpaired) electrons. The summed E-state index contributed by atoms with van der Waals surface area (Å²) < 4.78 is 1.94. The molecule has 3 rings (SSSR count). The SMILES string of the molecule is CC1(C(=O)N=c2ccccn2Cc2ccc(Cl)nc2)CC1. The molecule has 0 atom stereocenters. The van der Waals surface area contributed by atoms with E-state index in [9.17, 15) is 4.79 Å². The summed E-state index contributed by atoms with van der Waals surface area (Å²) in [6.07, 6.45) is 5.51. The lowest BCUT2D eigenvalue weighted by Gasteiger charge is -2.08. The number of carbonyl (C=O) groups is 1. The Bertz CT molecular complexity index is 730. The van der Waals surface area contributed by atoms with Crippen molar-refractivity contribution in [3.63, 3.8) is 0 Å². The smallest absolute Gasteiger partial charge is 0.253 e. The van der Waals surface area contributed by atoms with Crippen LogP contribution in [0, 0.1) is 5.41 Å². The molecule has 1 amide bonds. The highest BCUT2D eigenvalue weighted by molar-refractivity contribution is 6.29. The van der Waals surface area contributed by atoms with Gasteiger partial charge in [-0.15, -0.1) is 0 Å². The number of rotatable bonds is 3. The Morgan fingerprint density at radius 3 is 2.86 bits per heavy atom. The van der Waals surface area contributed by atoms with Crippen LogP contribution in [0.3, 0.4) is 0 Å². The fourth-order valence-electron chi connectivity index (χ4n) is 2.04. The first-order valence-electron chi connectivity index (χ1n) is 6.92. The number of halogens is 1. The molecule has 21 heavy (non-hydrogen) atoms. The van der Waals surface area contributed by atoms with Gasteiger partial charge in [0.1, 0.15) is 10.6 Å². The Kier molecular flexibility index (Phi) is 3.64. The van der Waals surface area contributed by atoms with Crippen LogP contribution in [0.1, 0.15) is 25.3 Å². The lowest BCUT2D eigenvalue weighted by Crippen LogP contribution is -2.24. The molecular formula is C16H16ClN3O. The van der Waals surface area contributed by atoms with Crippen LogP contribution in [0.15, 0.2) is 47.7 Å². The van der Waals surface area contributed by atoms with Crippen LogP contribution in [-0.4, -0.2) is 15.5 Å². The van der Waals surface area contributed by atoms with Crippen molar-refractivity contribution >= 4 is 17.5 Å². The lowest BCUT2D eigenvalue weighted by atomic mass is 10.1. The van der Waals surface area contributed by atoms with Crippen molar-refractivity contribution in [2.75, 3.05) is 0 Å². The van der Waals surface area contributed by atoms with Crippen LogP contribution in [0.25, 0.3) is 0 Å². The predicted octanol–water partition coefficient (Wildman–Crippen LogP) is 2.81. The van der Waals surface area contributed by atoms with Crippen molar-refractivity contribution < 1.29 is 4.79 Å². The van der Waals surface area contributed by atoms with Crippen molar-refractivity contribution in [2.45, 2.75) is 26.3 Å². The maximum Gasteiger partial charge on any atom is 0.253 e. The third kappa shape index (κ3) is 3.22. The Morgan fingerprint density at radius 1 is 1.38 bits per heavy atom. The third-order valence-electron chi connectivity index (χ3n) is 3.79. The minimum absolute atomic E-state index is 0.0309. The Hall–Kier alpha value is -1.94.